The summed E-state index contributed by atoms with van der Waals surface area (Å²) in [5.74, 6) is -12.2. The number of hydrogen-bond donors (Lipinski definition) is 0. The van der Waals surface area contributed by atoms with Gasteiger partial charge in [-0.05, 0) is 20.0 Å². The van der Waals surface area contributed by atoms with Crippen molar-refractivity contribution in [3.05, 3.63) is 0 Å². The van der Waals surface area contributed by atoms with Crippen LogP contribution in [0.15, 0.2) is 0 Å². The first-order valence-electron chi connectivity index (χ1n) is 5.66. The Morgan fingerprint density at radius 1 is 0.667 bits per heavy atom. The highest BCUT2D eigenvalue weighted by Gasteiger charge is 2.84. The number of alkyl halides is 10. The van der Waals surface area contributed by atoms with Crippen LogP contribution < -0.4 is 0 Å². The van der Waals surface area contributed by atoms with Gasteiger partial charge in [0.15, 0.2) is 0 Å². The third kappa shape index (κ3) is 2.80. The van der Waals surface area contributed by atoms with Crippen molar-refractivity contribution in [3.63, 3.8) is 0 Å². The molecule has 0 fully saturated rings. The van der Waals surface area contributed by atoms with Gasteiger partial charge >= 0.3 is 18.3 Å². The van der Waals surface area contributed by atoms with Gasteiger partial charge in [-0.15, -0.1) is 0 Å². The van der Waals surface area contributed by atoms with Crippen molar-refractivity contribution < 1.29 is 43.9 Å². The third-order valence-corrected chi connectivity index (χ3v) is 3.13. The zero-order valence-electron chi connectivity index (χ0n) is 11.1. The molecule has 0 aliphatic rings. The monoisotopic (exact) mass is 337 g/mol. The zero-order valence-corrected chi connectivity index (χ0v) is 11.1. The number of halogens is 10. The normalized spacial score (nSPS) is 20.3. The first-order valence-corrected chi connectivity index (χ1v) is 5.66. The van der Waals surface area contributed by atoms with E-state index in [1.165, 1.54) is 0 Å². The first-order chi connectivity index (χ1) is 9.02. The minimum absolute atomic E-state index is 0.534. The molecule has 2 unspecified atom stereocenters. The summed E-state index contributed by atoms with van der Waals surface area (Å²) in [5, 5.41) is 0. The fourth-order valence-corrected chi connectivity index (χ4v) is 1.83. The molecule has 2 atom stereocenters. The van der Waals surface area contributed by atoms with Gasteiger partial charge in [0, 0.05) is 0 Å². The Labute approximate surface area is 113 Å². The van der Waals surface area contributed by atoms with Crippen LogP contribution in [0.25, 0.3) is 0 Å². The van der Waals surface area contributed by atoms with Crippen LogP contribution in [0.1, 0.15) is 20.8 Å². The molecule has 0 bridgehead atoms. The molecule has 0 radical (unpaired) electrons. The van der Waals surface area contributed by atoms with Crippen LogP contribution in [0, 0.1) is 0 Å². The summed E-state index contributed by atoms with van der Waals surface area (Å²) in [6.45, 7) is -0.999. The maximum atomic E-state index is 14.4. The maximum absolute atomic E-state index is 14.4. The molecule has 0 aromatic heterocycles. The molecule has 0 N–H and O–H groups in total. The van der Waals surface area contributed by atoms with E-state index in [2.05, 4.69) is 0 Å². The van der Waals surface area contributed by atoms with Gasteiger partial charge in [0.25, 0.3) is 11.5 Å². The second-order valence-corrected chi connectivity index (χ2v) is 4.37. The number of rotatable bonds is 5. The Bertz CT molecular complexity index is 326. The molecule has 0 rings (SSSR count). The van der Waals surface area contributed by atoms with Gasteiger partial charge in [0.2, 0.25) is 0 Å². The second-order valence-electron chi connectivity index (χ2n) is 4.37. The molecule has 0 spiro atoms. The molecule has 0 aliphatic heterocycles. The van der Waals surface area contributed by atoms with Crippen LogP contribution in [0.5, 0.6) is 0 Å². The summed E-state index contributed by atoms with van der Waals surface area (Å²) in [6, 6.07) is 0. The van der Waals surface area contributed by atoms with Gasteiger partial charge < -0.3 is 0 Å². The van der Waals surface area contributed by atoms with Crippen LogP contribution in [-0.4, -0.2) is 47.7 Å². The molecule has 1 nitrogen and oxygen atoms in total. The average molecular weight is 337 g/mol. The molecular weight excluding hydrogens is 324 g/mol. The summed E-state index contributed by atoms with van der Waals surface area (Å²) in [6.07, 6.45) is -13.0. The van der Waals surface area contributed by atoms with E-state index in [-0.39, 0.29) is 0 Å². The number of hydrogen-bond acceptors (Lipinski definition) is 1. The van der Waals surface area contributed by atoms with E-state index in [1.54, 1.807) is 0 Å². The SMILES string of the molecule is CCN(CC)C(F)(C(C)(F)C(F)(F)F)C(F)(F)C(F)(F)F. The van der Waals surface area contributed by atoms with Gasteiger partial charge in [0.05, 0.1) is 0 Å². The Balaban J connectivity index is 6.45. The zero-order chi connectivity index (χ0) is 17.5. The lowest BCUT2D eigenvalue weighted by molar-refractivity contribution is -0.406. The second kappa shape index (κ2) is 5.47. The lowest BCUT2D eigenvalue weighted by atomic mass is 9.86. The van der Waals surface area contributed by atoms with Gasteiger partial charge in [-0.3, -0.25) is 4.90 Å². The standard InChI is InChI=1S/C10H13F10N/c1-4-21(5-2)8(14,6(3,11)9(15,16)17)7(12,13)10(18,19)20/h4-5H2,1-3H3. The van der Waals surface area contributed by atoms with E-state index in [9.17, 15) is 43.9 Å². The van der Waals surface area contributed by atoms with Crippen LogP contribution in [0.3, 0.4) is 0 Å². The highest BCUT2D eigenvalue weighted by Crippen LogP contribution is 2.57. The summed E-state index contributed by atoms with van der Waals surface area (Å²) in [5.41, 5.74) is -5.45. The Morgan fingerprint density at radius 2 is 1.00 bits per heavy atom. The quantitative estimate of drug-likeness (QED) is 0.528. The number of nitrogens with zero attached hydrogens (tertiary/aromatic N) is 1. The molecule has 0 saturated carbocycles. The molecule has 0 aromatic carbocycles. The van der Waals surface area contributed by atoms with Gasteiger partial charge in [0.1, 0.15) is 0 Å². The van der Waals surface area contributed by atoms with E-state index in [0.717, 1.165) is 13.8 Å². The van der Waals surface area contributed by atoms with E-state index in [1.807, 2.05) is 0 Å². The van der Waals surface area contributed by atoms with E-state index in [4.69, 9.17) is 0 Å². The molecule has 0 heterocycles. The predicted octanol–water partition coefficient (Wildman–Crippen LogP) is 4.48. The van der Waals surface area contributed by atoms with Crippen molar-refractivity contribution >= 4 is 0 Å². The molecule has 11 heteroatoms. The molecule has 128 valence electrons. The molecular formula is C10H13F10N. The van der Waals surface area contributed by atoms with E-state index < -0.39 is 54.6 Å². The Hall–Kier alpha value is -0.740. The Morgan fingerprint density at radius 3 is 1.19 bits per heavy atom. The highest BCUT2D eigenvalue weighted by molar-refractivity contribution is 5.12. The van der Waals surface area contributed by atoms with Crippen molar-refractivity contribution in [1.82, 2.24) is 4.90 Å². The first kappa shape index (κ1) is 20.3. The lowest BCUT2D eigenvalue weighted by Crippen LogP contribution is -2.75. The summed E-state index contributed by atoms with van der Waals surface area (Å²) >= 11 is 0. The van der Waals surface area contributed by atoms with Crippen molar-refractivity contribution in [1.29, 1.82) is 0 Å². The topological polar surface area (TPSA) is 3.24 Å². The van der Waals surface area contributed by atoms with Crippen molar-refractivity contribution in [2.24, 2.45) is 0 Å². The van der Waals surface area contributed by atoms with E-state index >= 15 is 0 Å². The van der Waals surface area contributed by atoms with Crippen molar-refractivity contribution in [3.8, 4) is 0 Å². The minimum atomic E-state index is -6.71. The van der Waals surface area contributed by atoms with E-state index in [0.29, 0.717) is 0 Å². The third-order valence-electron chi connectivity index (χ3n) is 3.13. The smallest absolute Gasteiger partial charge is 0.263 e. The summed E-state index contributed by atoms with van der Waals surface area (Å²) < 4.78 is 129. The molecule has 21 heavy (non-hydrogen) atoms. The molecule has 0 aliphatic carbocycles. The molecule has 0 aromatic rings. The van der Waals surface area contributed by atoms with Crippen molar-refractivity contribution in [2.45, 2.75) is 50.5 Å². The average Bonchev–Trinajstić information content (AvgIpc) is 2.26. The van der Waals surface area contributed by atoms with Gasteiger partial charge in [-0.2, -0.15) is 35.1 Å². The van der Waals surface area contributed by atoms with Crippen molar-refractivity contribution in [2.75, 3.05) is 13.1 Å². The summed E-state index contributed by atoms with van der Waals surface area (Å²) in [7, 11) is 0. The predicted molar refractivity (Wildman–Crippen MR) is 53.3 cm³/mol. The van der Waals surface area contributed by atoms with Crippen LogP contribution in [0.4, 0.5) is 43.9 Å². The fraction of sp³-hybridized carbons (Fsp3) is 1.00. The minimum Gasteiger partial charge on any atom is -0.263 e. The van der Waals surface area contributed by atoms with Crippen LogP contribution >= 0.6 is 0 Å². The maximum Gasteiger partial charge on any atom is 0.458 e. The highest BCUT2D eigenvalue weighted by atomic mass is 19.4. The van der Waals surface area contributed by atoms with Crippen LogP contribution in [0.2, 0.25) is 0 Å². The Kier molecular flexibility index (Phi) is 5.28. The lowest BCUT2D eigenvalue weighted by Gasteiger charge is -2.48. The molecule has 0 saturated heterocycles. The van der Waals surface area contributed by atoms with Gasteiger partial charge in [-0.25, -0.2) is 8.78 Å². The van der Waals surface area contributed by atoms with Gasteiger partial charge in [-0.1, -0.05) is 13.8 Å². The molecule has 0 amide bonds. The fourth-order valence-electron chi connectivity index (χ4n) is 1.83. The largest absolute Gasteiger partial charge is 0.458 e. The van der Waals surface area contributed by atoms with Crippen LogP contribution in [-0.2, 0) is 0 Å². The summed E-state index contributed by atoms with van der Waals surface area (Å²) in [4.78, 5) is -0.534.